The number of hydrogen-bond donors (Lipinski definition) is 2. The van der Waals surface area contributed by atoms with Gasteiger partial charge in [-0.15, -0.1) is 0 Å². The maximum absolute atomic E-state index is 12.8. The number of anilines is 1. The minimum atomic E-state index is 0.00233. The molecule has 1 saturated carbocycles. The zero-order valence-electron chi connectivity index (χ0n) is 17.6. The van der Waals surface area contributed by atoms with Crippen LogP contribution in [0.1, 0.15) is 48.8 Å². The van der Waals surface area contributed by atoms with Crippen LogP contribution in [0, 0.1) is 0 Å². The Morgan fingerprint density at radius 1 is 0.968 bits per heavy atom. The fourth-order valence-corrected chi connectivity index (χ4v) is 4.39. The summed E-state index contributed by atoms with van der Waals surface area (Å²) >= 11 is 0. The van der Waals surface area contributed by atoms with Crippen molar-refractivity contribution in [3.05, 3.63) is 71.9 Å². The van der Waals surface area contributed by atoms with Crippen LogP contribution in [0.25, 0.3) is 5.69 Å². The standard InChI is InChI=1S/C25H28N4O2/c30-22-10-8-18(9-11-22)19-12-14-28(15-13-19)17-25(31)26-24-16-23(20-6-7-20)27-29(24)21-4-2-1-3-5-21/h1-5,8-11,16,19-20,30H,6-7,12-15,17H2,(H,26,31). The lowest BCUT2D eigenvalue weighted by molar-refractivity contribution is -0.117. The SMILES string of the molecule is O=C(CN1CCC(c2ccc(O)cc2)CC1)Nc1cc(C2CC2)nn1-c1ccccc1. The number of aromatic hydroxyl groups is 1. The molecule has 0 radical (unpaired) electrons. The third-order valence-electron chi connectivity index (χ3n) is 6.31. The maximum atomic E-state index is 12.8. The van der Waals surface area contributed by atoms with E-state index in [2.05, 4.69) is 10.2 Å². The van der Waals surface area contributed by atoms with Gasteiger partial charge in [0.25, 0.3) is 0 Å². The van der Waals surface area contributed by atoms with Crippen molar-refractivity contribution in [2.24, 2.45) is 0 Å². The fourth-order valence-electron chi connectivity index (χ4n) is 4.39. The Labute approximate surface area is 182 Å². The Hall–Kier alpha value is -3.12. The fraction of sp³-hybridized carbons (Fsp3) is 0.360. The van der Waals surface area contributed by atoms with Gasteiger partial charge in [-0.2, -0.15) is 5.10 Å². The minimum absolute atomic E-state index is 0.00233. The van der Waals surface area contributed by atoms with E-state index in [1.165, 1.54) is 18.4 Å². The van der Waals surface area contributed by atoms with Crippen molar-refractivity contribution in [3.63, 3.8) is 0 Å². The van der Waals surface area contributed by atoms with Crippen LogP contribution in [0.5, 0.6) is 5.75 Å². The minimum Gasteiger partial charge on any atom is -0.508 e. The first kappa shape index (κ1) is 19.8. The van der Waals surface area contributed by atoms with Crippen molar-refractivity contribution >= 4 is 11.7 Å². The molecule has 1 saturated heterocycles. The molecule has 2 aliphatic rings. The third-order valence-corrected chi connectivity index (χ3v) is 6.31. The highest BCUT2D eigenvalue weighted by molar-refractivity contribution is 5.91. The zero-order chi connectivity index (χ0) is 21.2. The highest BCUT2D eigenvalue weighted by Gasteiger charge is 2.28. The number of hydrogen-bond acceptors (Lipinski definition) is 4. The summed E-state index contributed by atoms with van der Waals surface area (Å²) in [5.41, 5.74) is 3.29. The van der Waals surface area contributed by atoms with E-state index in [4.69, 9.17) is 5.10 Å². The molecule has 1 aliphatic heterocycles. The number of amides is 1. The van der Waals surface area contributed by atoms with E-state index < -0.39 is 0 Å². The average Bonchev–Trinajstić information content (AvgIpc) is 3.56. The molecule has 6 heteroatoms. The van der Waals surface area contributed by atoms with Crippen LogP contribution < -0.4 is 5.32 Å². The summed E-state index contributed by atoms with van der Waals surface area (Å²) in [6.45, 7) is 2.18. The summed E-state index contributed by atoms with van der Waals surface area (Å²) in [7, 11) is 0. The van der Waals surface area contributed by atoms with Crippen LogP contribution in [-0.2, 0) is 4.79 Å². The predicted molar refractivity (Wildman–Crippen MR) is 121 cm³/mol. The average molecular weight is 417 g/mol. The maximum Gasteiger partial charge on any atom is 0.239 e. The van der Waals surface area contributed by atoms with E-state index in [0.717, 1.165) is 43.1 Å². The third kappa shape index (κ3) is 4.64. The number of benzene rings is 2. The molecule has 0 unspecified atom stereocenters. The van der Waals surface area contributed by atoms with Gasteiger partial charge < -0.3 is 10.4 Å². The largest absolute Gasteiger partial charge is 0.508 e. The number of aromatic nitrogens is 2. The number of carbonyl (C=O) groups is 1. The van der Waals surface area contributed by atoms with Gasteiger partial charge in [-0.3, -0.25) is 9.69 Å². The Kier molecular flexibility index (Phi) is 5.47. The number of likely N-dealkylation sites (tertiary alicyclic amines) is 1. The lowest BCUT2D eigenvalue weighted by Crippen LogP contribution is -2.39. The Balaban J connectivity index is 1.21. The molecule has 6 nitrogen and oxygen atoms in total. The van der Waals surface area contributed by atoms with Gasteiger partial charge in [-0.05, 0) is 74.5 Å². The first-order chi connectivity index (χ1) is 15.2. The van der Waals surface area contributed by atoms with Gasteiger partial charge in [-0.25, -0.2) is 4.68 Å². The topological polar surface area (TPSA) is 70.4 Å². The van der Waals surface area contributed by atoms with Crippen molar-refractivity contribution in [1.29, 1.82) is 0 Å². The van der Waals surface area contributed by atoms with Crippen LogP contribution in [-0.4, -0.2) is 45.3 Å². The first-order valence-corrected chi connectivity index (χ1v) is 11.1. The number of nitrogens with zero attached hydrogens (tertiary/aromatic N) is 3. The molecule has 0 atom stereocenters. The molecule has 2 N–H and O–H groups in total. The molecule has 2 aromatic carbocycles. The molecule has 0 spiro atoms. The molecule has 0 bridgehead atoms. The number of rotatable bonds is 6. The Morgan fingerprint density at radius 2 is 1.68 bits per heavy atom. The molecule has 5 rings (SSSR count). The van der Waals surface area contributed by atoms with Gasteiger partial charge >= 0.3 is 0 Å². The van der Waals surface area contributed by atoms with Gasteiger partial charge in [0.15, 0.2) is 0 Å². The number of piperidine rings is 1. The normalized spacial score (nSPS) is 17.5. The van der Waals surface area contributed by atoms with Crippen LogP contribution in [0.4, 0.5) is 5.82 Å². The van der Waals surface area contributed by atoms with Crippen molar-refractivity contribution in [2.75, 3.05) is 25.0 Å². The van der Waals surface area contributed by atoms with Crippen molar-refractivity contribution in [2.45, 2.75) is 37.5 Å². The van der Waals surface area contributed by atoms with E-state index in [1.54, 1.807) is 12.1 Å². The lowest BCUT2D eigenvalue weighted by Gasteiger charge is -2.31. The van der Waals surface area contributed by atoms with Gasteiger partial charge in [0.05, 0.1) is 17.9 Å². The van der Waals surface area contributed by atoms with E-state index >= 15 is 0 Å². The summed E-state index contributed by atoms with van der Waals surface area (Å²) in [4.78, 5) is 15.0. The number of phenols is 1. The van der Waals surface area contributed by atoms with E-state index in [1.807, 2.05) is 53.2 Å². The van der Waals surface area contributed by atoms with Crippen molar-refractivity contribution in [1.82, 2.24) is 14.7 Å². The molecule has 2 fully saturated rings. The Bertz CT molecular complexity index is 1030. The van der Waals surface area contributed by atoms with Crippen molar-refractivity contribution in [3.8, 4) is 11.4 Å². The molecule has 3 aromatic rings. The summed E-state index contributed by atoms with van der Waals surface area (Å²) in [5.74, 6) is 2.07. The summed E-state index contributed by atoms with van der Waals surface area (Å²) < 4.78 is 1.85. The van der Waals surface area contributed by atoms with E-state index in [9.17, 15) is 9.90 Å². The molecule has 1 amide bonds. The molecule has 1 aromatic heterocycles. The monoisotopic (exact) mass is 416 g/mol. The second kappa shape index (κ2) is 8.55. The second-order valence-corrected chi connectivity index (χ2v) is 8.67. The van der Waals surface area contributed by atoms with Crippen LogP contribution in [0.3, 0.4) is 0 Å². The smallest absolute Gasteiger partial charge is 0.239 e. The lowest BCUT2D eigenvalue weighted by atomic mass is 9.89. The summed E-state index contributed by atoms with van der Waals surface area (Å²) in [6.07, 6.45) is 4.39. The van der Waals surface area contributed by atoms with Crippen LogP contribution >= 0.6 is 0 Å². The van der Waals surface area contributed by atoms with Gasteiger partial charge in [0, 0.05) is 12.0 Å². The first-order valence-electron chi connectivity index (χ1n) is 11.1. The van der Waals surface area contributed by atoms with Gasteiger partial charge in [0.2, 0.25) is 5.91 Å². The van der Waals surface area contributed by atoms with E-state index in [-0.39, 0.29) is 5.91 Å². The van der Waals surface area contributed by atoms with Gasteiger partial charge in [-0.1, -0.05) is 30.3 Å². The number of nitrogens with one attached hydrogen (secondary N) is 1. The van der Waals surface area contributed by atoms with Gasteiger partial charge in [0.1, 0.15) is 11.6 Å². The second-order valence-electron chi connectivity index (χ2n) is 8.67. The molecule has 31 heavy (non-hydrogen) atoms. The molecular weight excluding hydrogens is 388 g/mol. The quantitative estimate of drug-likeness (QED) is 0.629. The van der Waals surface area contributed by atoms with Crippen LogP contribution in [0.15, 0.2) is 60.7 Å². The molecule has 2 heterocycles. The number of para-hydroxylation sites is 1. The number of carbonyl (C=O) groups excluding carboxylic acids is 1. The summed E-state index contributed by atoms with van der Waals surface area (Å²) in [5, 5.41) is 17.3. The number of phenolic OH excluding ortho intramolecular Hbond substituents is 1. The van der Waals surface area contributed by atoms with E-state index in [0.29, 0.717) is 24.1 Å². The van der Waals surface area contributed by atoms with Crippen molar-refractivity contribution < 1.29 is 9.90 Å². The van der Waals surface area contributed by atoms with Crippen LogP contribution in [0.2, 0.25) is 0 Å². The summed E-state index contributed by atoms with van der Waals surface area (Å²) in [6, 6.07) is 19.5. The highest BCUT2D eigenvalue weighted by Crippen LogP contribution is 2.40. The molecule has 160 valence electrons. The molecular formula is C25H28N4O2. The highest BCUT2D eigenvalue weighted by atomic mass is 16.3. The zero-order valence-corrected chi connectivity index (χ0v) is 17.6. The predicted octanol–water partition coefficient (Wildman–Crippen LogP) is 4.27. The molecule has 1 aliphatic carbocycles. The Morgan fingerprint density at radius 3 is 2.35 bits per heavy atom.